The van der Waals surface area contributed by atoms with Gasteiger partial charge in [0.25, 0.3) is 0 Å². The van der Waals surface area contributed by atoms with Gasteiger partial charge in [-0.15, -0.1) is 23.1 Å². The SMILES string of the molecule is CC(C)S(=O)(=O)c1nc(SCc2ccccc2)cs1. The third-order valence-electron chi connectivity index (χ3n) is 2.56. The number of thioether (sulfide) groups is 1. The van der Waals surface area contributed by atoms with Crippen molar-refractivity contribution in [2.75, 3.05) is 0 Å². The number of hydrogen-bond acceptors (Lipinski definition) is 5. The van der Waals surface area contributed by atoms with Crippen molar-refractivity contribution in [3.8, 4) is 0 Å². The molecular weight excluding hydrogens is 298 g/mol. The summed E-state index contributed by atoms with van der Waals surface area (Å²) in [6, 6.07) is 10.1. The van der Waals surface area contributed by atoms with E-state index in [0.29, 0.717) is 0 Å². The third-order valence-corrected chi connectivity index (χ3v) is 7.13. The highest BCUT2D eigenvalue weighted by Crippen LogP contribution is 2.28. The van der Waals surface area contributed by atoms with Crippen molar-refractivity contribution in [3.63, 3.8) is 0 Å². The zero-order valence-corrected chi connectivity index (χ0v) is 13.2. The Bertz CT molecular complexity index is 633. The van der Waals surface area contributed by atoms with Gasteiger partial charge in [0.05, 0.1) is 5.25 Å². The molecule has 2 rings (SSSR count). The zero-order chi connectivity index (χ0) is 13.9. The normalized spacial score (nSPS) is 11.9. The van der Waals surface area contributed by atoms with Crippen molar-refractivity contribution in [2.45, 2.75) is 34.2 Å². The average Bonchev–Trinajstić information content (AvgIpc) is 2.87. The summed E-state index contributed by atoms with van der Waals surface area (Å²) in [7, 11) is -3.24. The van der Waals surface area contributed by atoms with Gasteiger partial charge in [0.1, 0.15) is 5.03 Å². The topological polar surface area (TPSA) is 47.0 Å². The van der Waals surface area contributed by atoms with Gasteiger partial charge in [-0.25, -0.2) is 13.4 Å². The summed E-state index contributed by atoms with van der Waals surface area (Å²) in [5.74, 6) is 0.797. The fraction of sp³-hybridized carbons (Fsp3) is 0.308. The van der Waals surface area contributed by atoms with Crippen molar-refractivity contribution < 1.29 is 8.42 Å². The Kier molecular flexibility index (Phi) is 4.65. The van der Waals surface area contributed by atoms with Gasteiger partial charge in [0.15, 0.2) is 0 Å². The lowest BCUT2D eigenvalue weighted by Crippen LogP contribution is -2.13. The fourth-order valence-corrected chi connectivity index (χ4v) is 4.86. The van der Waals surface area contributed by atoms with Crippen LogP contribution in [-0.4, -0.2) is 18.7 Å². The Morgan fingerprint density at radius 3 is 2.58 bits per heavy atom. The van der Waals surface area contributed by atoms with Crippen LogP contribution >= 0.6 is 23.1 Å². The maximum Gasteiger partial charge on any atom is 0.210 e. The second kappa shape index (κ2) is 6.07. The summed E-state index contributed by atoms with van der Waals surface area (Å²) in [6.07, 6.45) is 0. The lowest BCUT2D eigenvalue weighted by atomic mass is 10.2. The molecule has 0 unspecified atom stereocenters. The summed E-state index contributed by atoms with van der Waals surface area (Å²) in [6.45, 7) is 3.35. The minimum atomic E-state index is -3.24. The molecular formula is C13H15NO2S3. The summed E-state index contributed by atoms with van der Waals surface area (Å²) >= 11 is 2.76. The maximum absolute atomic E-state index is 12.0. The smallest absolute Gasteiger partial charge is 0.210 e. The Labute approximate surface area is 122 Å². The van der Waals surface area contributed by atoms with Gasteiger partial charge >= 0.3 is 0 Å². The average molecular weight is 313 g/mol. The van der Waals surface area contributed by atoms with E-state index in [0.717, 1.165) is 10.8 Å². The van der Waals surface area contributed by atoms with E-state index in [1.54, 1.807) is 25.6 Å². The van der Waals surface area contributed by atoms with Crippen LogP contribution in [0.1, 0.15) is 19.4 Å². The van der Waals surface area contributed by atoms with Gasteiger partial charge < -0.3 is 0 Å². The van der Waals surface area contributed by atoms with Crippen LogP contribution in [0, 0.1) is 0 Å². The molecule has 19 heavy (non-hydrogen) atoms. The molecule has 0 aliphatic heterocycles. The lowest BCUT2D eigenvalue weighted by Gasteiger charge is -2.02. The van der Waals surface area contributed by atoms with Crippen LogP contribution in [-0.2, 0) is 15.6 Å². The highest BCUT2D eigenvalue weighted by atomic mass is 32.2. The number of rotatable bonds is 5. The first kappa shape index (κ1) is 14.6. The van der Waals surface area contributed by atoms with E-state index in [9.17, 15) is 8.42 Å². The molecule has 0 amide bonds. The van der Waals surface area contributed by atoms with Crippen molar-refractivity contribution in [1.82, 2.24) is 4.98 Å². The molecule has 1 aromatic carbocycles. The van der Waals surface area contributed by atoms with Crippen LogP contribution in [0.2, 0.25) is 0 Å². The monoisotopic (exact) mass is 313 g/mol. The quantitative estimate of drug-likeness (QED) is 0.791. The lowest BCUT2D eigenvalue weighted by molar-refractivity contribution is 0.586. The van der Waals surface area contributed by atoms with Crippen LogP contribution in [0.25, 0.3) is 0 Å². The highest BCUT2D eigenvalue weighted by Gasteiger charge is 2.23. The van der Waals surface area contributed by atoms with Crippen LogP contribution < -0.4 is 0 Å². The number of aromatic nitrogens is 1. The molecule has 0 N–H and O–H groups in total. The molecule has 102 valence electrons. The first-order chi connectivity index (χ1) is 9.00. The molecule has 0 saturated heterocycles. The van der Waals surface area contributed by atoms with Gasteiger partial charge in [-0.2, -0.15) is 0 Å². The molecule has 0 atom stereocenters. The van der Waals surface area contributed by atoms with E-state index in [1.807, 2.05) is 35.7 Å². The Balaban J connectivity index is 2.06. The van der Waals surface area contributed by atoms with E-state index in [-0.39, 0.29) is 4.34 Å². The molecule has 0 saturated carbocycles. The molecule has 6 heteroatoms. The second-order valence-electron chi connectivity index (χ2n) is 4.32. The van der Waals surface area contributed by atoms with Crippen LogP contribution in [0.5, 0.6) is 0 Å². The minimum Gasteiger partial charge on any atom is -0.221 e. The van der Waals surface area contributed by atoms with Crippen molar-refractivity contribution in [2.24, 2.45) is 0 Å². The van der Waals surface area contributed by atoms with Gasteiger partial charge in [-0.05, 0) is 19.4 Å². The number of hydrogen-bond donors (Lipinski definition) is 0. The first-order valence-electron chi connectivity index (χ1n) is 5.86. The van der Waals surface area contributed by atoms with E-state index in [1.165, 1.54) is 16.9 Å². The van der Waals surface area contributed by atoms with E-state index in [4.69, 9.17) is 0 Å². The molecule has 0 fully saturated rings. The molecule has 0 aliphatic rings. The molecule has 0 aliphatic carbocycles. The molecule has 2 aromatic rings. The minimum absolute atomic E-state index is 0.220. The predicted molar refractivity (Wildman–Crippen MR) is 80.4 cm³/mol. The summed E-state index contributed by atoms with van der Waals surface area (Å²) in [5, 5.41) is 2.15. The van der Waals surface area contributed by atoms with E-state index in [2.05, 4.69) is 4.98 Å². The number of benzene rings is 1. The molecule has 0 spiro atoms. The van der Waals surface area contributed by atoms with Gasteiger partial charge in [0, 0.05) is 11.1 Å². The van der Waals surface area contributed by atoms with Crippen molar-refractivity contribution in [1.29, 1.82) is 0 Å². The van der Waals surface area contributed by atoms with Crippen LogP contribution in [0.15, 0.2) is 45.1 Å². The van der Waals surface area contributed by atoms with Crippen LogP contribution in [0.4, 0.5) is 0 Å². The standard InChI is InChI=1S/C13H15NO2S3/c1-10(2)19(15,16)13-14-12(9-18-13)17-8-11-6-4-3-5-7-11/h3-7,9-10H,8H2,1-2H3. The van der Waals surface area contributed by atoms with Gasteiger partial charge in [-0.3, -0.25) is 0 Å². The van der Waals surface area contributed by atoms with E-state index < -0.39 is 15.1 Å². The van der Waals surface area contributed by atoms with Crippen molar-refractivity contribution in [3.05, 3.63) is 41.3 Å². The van der Waals surface area contributed by atoms with E-state index >= 15 is 0 Å². The largest absolute Gasteiger partial charge is 0.221 e. The fourth-order valence-electron chi connectivity index (χ4n) is 1.37. The molecule has 3 nitrogen and oxygen atoms in total. The molecule has 0 bridgehead atoms. The third kappa shape index (κ3) is 3.58. The Morgan fingerprint density at radius 1 is 1.26 bits per heavy atom. The summed E-state index contributed by atoms with van der Waals surface area (Å²) in [4.78, 5) is 4.21. The van der Waals surface area contributed by atoms with Gasteiger partial charge in [-0.1, -0.05) is 30.3 Å². The highest BCUT2D eigenvalue weighted by molar-refractivity contribution is 7.98. The molecule has 1 heterocycles. The molecule has 1 aromatic heterocycles. The number of sulfone groups is 1. The Hall–Kier alpha value is -0.850. The van der Waals surface area contributed by atoms with Crippen molar-refractivity contribution >= 4 is 32.9 Å². The maximum atomic E-state index is 12.0. The summed E-state index contributed by atoms with van der Waals surface area (Å²) < 4.78 is 24.1. The molecule has 0 radical (unpaired) electrons. The summed E-state index contributed by atoms with van der Waals surface area (Å²) in [5.41, 5.74) is 1.20. The number of thiazole rings is 1. The van der Waals surface area contributed by atoms with Gasteiger partial charge in [0.2, 0.25) is 14.2 Å². The van der Waals surface area contributed by atoms with Crippen LogP contribution in [0.3, 0.4) is 0 Å². The number of nitrogens with zero attached hydrogens (tertiary/aromatic N) is 1. The second-order valence-corrected chi connectivity index (χ2v) is 8.85. The first-order valence-corrected chi connectivity index (χ1v) is 9.27. The zero-order valence-electron chi connectivity index (χ0n) is 10.7. The predicted octanol–water partition coefficient (Wildman–Crippen LogP) is 3.62. The Morgan fingerprint density at radius 2 is 1.95 bits per heavy atom.